The van der Waals surface area contributed by atoms with E-state index in [0.29, 0.717) is 18.9 Å². The molecule has 1 aromatic carbocycles. The monoisotopic (exact) mass is 242 g/mol. The van der Waals surface area contributed by atoms with Crippen LogP contribution < -0.4 is 11.1 Å². The number of methoxy groups -OCH3 is 1. The summed E-state index contributed by atoms with van der Waals surface area (Å²) in [6, 6.07) is 3.82. The molecule has 0 unspecified atom stereocenters. The molecule has 0 aliphatic carbocycles. The lowest BCUT2D eigenvalue weighted by molar-refractivity contribution is -0.121. The molecule has 0 saturated carbocycles. The highest BCUT2D eigenvalue weighted by molar-refractivity contribution is 5.92. The van der Waals surface area contributed by atoms with E-state index in [1.165, 1.54) is 18.2 Å². The average molecular weight is 242 g/mol. The fourth-order valence-electron chi connectivity index (χ4n) is 1.19. The number of nitrogen functional groups attached to an aromatic ring is 1. The van der Waals surface area contributed by atoms with Crippen LogP contribution in [0.2, 0.25) is 0 Å². The molecule has 0 radical (unpaired) electrons. The summed E-state index contributed by atoms with van der Waals surface area (Å²) in [5.74, 6) is -0.869. The molecule has 94 valence electrons. The lowest BCUT2D eigenvalue weighted by Gasteiger charge is -2.07. The number of amides is 1. The summed E-state index contributed by atoms with van der Waals surface area (Å²) in [6.45, 7) is 0.634. The number of hydrogen-bond donors (Lipinski definition) is 2. The number of carbonyl (C=O) groups is 1. The summed E-state index contributed by atoms with van der Waals surface area (Å²) < 4.78 is 22.7. The number of halogens is 1. The number of carbonyl (C=O) groups excluding carboxylic acids is 1. The lowest BCUT2D eigenvalue weighted by Crippen LogP contribution is -2.19. The number of rotatable bonds is 6. The van der Waals surface area contributed by atoms with Crippen molar-refractivity contribution in [2.24, 2.45) is 0 Å². The minimum absolute atomic E-state index is 0.111. The highest BCUT2D eigenvalue weighted by Gasteiger charge is 2.04. The van der Waals surface area contributed by atoms with Gasteiger partial charge in [0.05, 0.1) is 13.2 Å². The maximum absolute atomic E-state index is 13.0. The summed E-state index contributed by atoms with van der Waals surface area (Å²) in [4.78, 5) is 11.4. The molecule has 1 rings (SSSR count). The smallest absolute Gasteiger partial charge is 0.250 e. The number of benzene rings is 1. The summed E-state index contributed by atoms with van der Waals surface area (Å²) in [5, 5.41) is 2.48. The molecular formula is C11H15FN2O3. The van der Waals surface area contributed by atoms with Crippen molar-refractivity contribution >= 4 is 17.3 Å². The molecule has 6 heteroatoms. The van der Waals surface area contributed by atoms with Gasteiger partial charge in [-0.25, -0.2) is 4.39 Å². The first-order valence-electron chi connectivity index (χ1n) is 5.04. The summed E-state index contributed by atoms with van der Waals surface area (Å²) in [5.41, 5.74) is 5.99. The van der Waals surface area contributed by atoms with E-state index in [0.717, 1.165) is 0 Å². The highest BCUT2D eigenvalue weighted by atomic mass is 19.1. The summed E-state index contributed by atoms with van der Waals surface area (Å²) >= 11 is 0. The van der Waals surface area contributed by atoms with Gasteiger partial charge < -0.3 is 20.5 Å². The minimum Gasteiger partial charge on any atom is -0.399 e. The fourth-order valence-corrected chi connectivity index (χ4v) is 1.19. The summed E-state index contributed by atoms with van der Waals surface area (Å²) in [6.07, 6.45) is 0. The first-order chi connectivity index (χ1) is 8.11. The van der Waals surface area contributed by atoms with Gasteiger partial charge in [-0.05, 0) is 18.2 Å². The van der Waals surface area contributed by atoms with Gasteiger partial charge in [0.2, 0.25) is 5.91 Å². The Morgan fingerprint density at radius 1 is 1.41 bits per heavy atom. The van der Waals surface area contributed by atoms with Crippen molar-refractivity contribution in [1.82, 2.24) is 0 Å². The molecule has 0 saturated heterocycles. The Kier molecular flexibility index (Phi) is 5.38. The van der Waals surface area contributed by atoms with Gasteiger partial charge in [0.15, 0.2) is 0 Å². The van der Waals surface area contributed by atoms with Gasteiger partial charge in [-0.3, -0.25) is 4.79 Å². The van der Waals surface area contributed by atoms with Crippen LogP contribution in [-0.2, 0) is 14.3 Å². The molecule has 1 amide bonds. The number of anilines is 2. The zero-order valence-electron chi connectivity index (χ0n) is 9.53. The molecule has 3 N–H and O–H groups in total. The van der Waals surface area contributed by atoms with E-state index < -0.39 is 5.82 Å². The molecule has 0 heterocycles. The van der Waals surface area contributed by atoms with Crippen LogP contribution in [0.1, 0.15) is 0 Å². The first-order valence-corrected chi connectivity index (χ1v) is 5.04. The van der Waals surface area contributed by atoms with Gasteiger partial charge in [-0.15, -0.1) is 0 Å². The largest absolute Gasteiger partial charge is 0.399 e. The Balaban J connectivity index is 2.39. The molecule has 17 heavy (non-hydrogen) atoms. The van der Waals surface area contributed by atoms with Gasteiger partial charge in [-0.2, -0.15) is 0 Å². The first kappa shape index (κ1) is 13.4. The Labute approximate surface area is 98.7 Å². The third-order valence-electron chi connectivity index (χ3n) is 1.87. The van der Waals surface area contributed by atoms with Gasteiger partial charge in [0.25, 0.3) is 0 Å². The lowest BCUT2D eigenvalue weighted by atomic mass is 10.2. The van der Waals surface area contributed by atoms with E-state index in [2.05, 4.69) is 5.32 Å². The quantitative estimate of drug-likeness (QED) is 0.576. The van der Waals surface area contributed by atoms with Crippen molar-refractivity contribution in [2.45, 2.75) is 0 Å². The van der Waals surface area contributed by atoms with Crippen LogP contribution in [0.4, 0.5) is 15.8 Å². The van der Waals surface area contributed by atoms with Crippen LogP contribution in [0, 0.1) is 5.82 Å². The average Bonchev–Trinajstić information content (AvgIpc) is 2.23. The van der Waals surface area contributed by atoms with Crippen molar-refractivity contribution in [2.75, 3.05) is 38.0 Å². The van der Waals surface area contributed by atoms with E-state index in [4.69, 9.17) is 15.2 Å². The third-order valence-corrected chi connectivity index (χ3v) is 1.87. The van der Waals surface area contributed by atoms with E-state index in [1.807, 2.05) is 0 Å². The summed E-state index contributed by atoms with van der Waals surface area (Å²) in [7, 11) is 1.54. The second-order valence-corrected chi connectivity index (χ2v) is 3.37. The third kappa shape index (κ3) is 5.28. The Morgan fingerprint density at radius 2 is 2.18 bits per heavy atom. The van der Waals surface area contributed by atoms with E-state index >= 15 is 0 Å². The van der Waals surface area contributed by atoms with E-state index in [1.54, 1.807) is 7.11 Å². The van der Waals surface area contributed by atoms with Crippen molar-refractivity contribution in [3.63, 3.8) is 0 Å². The molecule has 0 aliphatic heterocycles. The second-order valence-electron chi connectivity index (χ2n) is 3.37. The number of ether oxygens (including phenoxy) is 2. The molecule has 5 nitrogen and oxygen atoms in total. The molecule has 0 fully saturated rings. The van der Waals surface area contributed by atoms with E-state index in [-0.39, 0.29) is 18.2 Å². The standard InChI is InChI=1S/C11H15FN2O3/c1-16-2-3-17-7-11(15)14-10-5-8(12)4-9(13)6-10/h4-6H,2-3,7,13H2,1H3,(H,14,15). The van der Waals surface area contributed by atoms with Crippen LogP contribution in [0.15, 0.2) is 18.2 Å². The predicted octanol–water partition coefficient (Wildman–Crippen LogP) is 1.01. The molecule has 0 bridgehead atoms. The maximum atomic E-state index is 13.0. The Hall–Kier alpha value is -1.66. The number of nitrogens with two attached hydrogens (primary N) is 1. The zero-order valence-corrected chi connectivity index (χ0v) is 9.53. The molecule has 0 aliphatic rings. The number of nitrogens with one attached hydrogen (secondary N) is 1. The SMILES string of the molecule is COCCOCC(=O)Nc1cc(N)cc(F)c1. The Bertz CT molecular complexity index is 365. The van der Waals surface area contributed by atoms with Gasteiger partial charge >= 0.3 is 0 Å². The van der Waals surface area contributed by atoms with Gasteiger partial charge in [0.1, 0.15) is 12.4 Å². The predicted molar refractivity (Wildman–Crippen MR) is 62.1 cm³/mol. The van der Waals surface area contributed by atoms with Gasteiger partial charge in [-0.1, -0.05) is 0 Å². The van der Waals surface area contributed by atoms with Crippen LogP contribution >= 0.6 is 0 Å². The van der Waals surface area contributed by atoms with Crippen LogP contribution in [0.5, 0.6) is 0 Å². The van der Waals surface area contributed by atoms with Gasteiger partial charge in [0, 0.05) is 18.5 Å². The van der Waals surface area contributed by atoms with Crippen LogP contribution in [-0.4, -0.2) is 32.8 Å². The topological polar surface area (TPSA) is 73.6 Å². The molecule has 0 atom stereocenters. The van der Waals surface area contributed by atoms with Crippen molar-refractivity contribution in [1.29, 1.82) is 0 Å². The van der Waals surface area contributed by atoms with Crippen molar-refractivity contribution in [3.8, 4) is 0 Å². The molecule has 0 aromatic heterocycles. The van der Waals surface area contributed by atoms with Crippen molar-refractivity contribution in [3.05, 3.63) is 24.0 Å². The number of hydrogen-bond acceptors (Lipinski definition) is 4. The van der Waals surface area contributed by atoms with Crippen LogP contribution in [0.3, 0.4) is 0 Å². The zero-order chi connectivity index (χ0) is 12.7. The fraction of sp³-hybridized carbons (Fsp3) is 0.364. The highest BCUT2D eigenvalue weighted by Crippen LogP contribution is 2.15. The minimum atomic E-state index is -0.499. The molecule has 0 spiro atoms. The van der Waals surface area contributed by atoms with E-state index in [9.17, 15) is 9.18 Å². The second kappa shape index (κ2) is 6.82. The molecular weight excluding hydrogens is 227 g/mol. The normalized spacial score (nSPS) is 10.2. The van der Waals surface area contributed by atoms with Crippen molar-refractivity contribution < 1.29 is 18.7 Å². The molecule has 1 aromatic rings. The Morgan fingerprint density at radius 3 is 2.82 bits per heavy atom. The van der Waals surface area contributed by atoms with Crippen LogP contribution in [0.25, 0.3) is 0 Å². The maximum Gasteiger partial charge on any atom is 0.250 e.